The quantitative estimate of drug-likeness (QED) is 0.617. The van der Waals surface area contributed by atoms with Crippen LogP contribution in [-0.4, -0.2) is 10.2 Å². The van der Waals surface area contributed by atoms with Crippen LogP contribution in [-0.2, 0) is 12.2 Å². The molecule has 0 bridgehead atoms. The van der Waals surface area contributed by atoms with Crippen LogP contribution in [0.4, 0.5) is 0 Å². The smallest absolute Gasteiger partial charge is 0.276 e. The molecule has 1 aromatic heterocycles. The Hall–Kier alpha value is -1.59. The molecule has 2 aromatic carbocycles. The Bertz CT molecular complexity index is 698. The van der Waals surface area contributed by atoms with Crippen LogP contribution < -0.4 is 0 Å². The van der Waals surface area contributed by atoms with Gasteiger partial charge in [-0.1, -0.05) is 70.2 Å². The summed E-state index contributed by atoms with van der Waals surface area (Å²) in [4.78, 5) is 0. The van der Waals surface area contributed by atoms with Crippen molar-refractivity contribution < 1.29 is 4.42 Å². The number of hydrogen-bond acceptors (Lipinski definition) is 4. The van der Waals surface area contributed by atoms with Gasteiger partial charge in [0.2, 0.25) is 5.89 Å². The first-order valence-corrected chi connectivity index (χ1v) is 8.31. The summed E-state index contributed by atoms with van der Waals surface area (Å²) in [6.07, 6.45) is 0.659. The molecule has 0 N–H and O–H groups in total. The van der Waals surface area contributed by atoms with Gasteiger partial charge in [-0.2, -0.15) is 0 Å². The van der Waals surface area contributed by atoms with Gasteiger partial charge in [0.1, 0.15) is 0 Å². The van der Waals surface area contributed by atoms with E-state index in [4.69, 9.17) is 4.42 Å². The van der Waals surface area contributed by atoms with E-state index in [2.05, 4.69) is 38.3 Å². The van der Waals surface area contributed by atoms with Gasteiger partial charge in [-0.15, -0.1) is 10.2 Å². The minimum absolute atomic E-state index is 0.617. The Kier molecular flexibility index (Phi) is 4.72. The summed E-state index contributed by atoms with van der Waals surface area (Å²) in [7, 11) is 0. The van der Waals surface area contributed by atoms with Gasteiger partial charge in [0, 0.05) is 10.2 Å². The van der Waals surface area contributed by atoms with Gasteiger partial charge in [0.15, 0.2) is 0 Å². The van der Waals surface area contributed by atoms with Crippen LogP contribution in [0.25, 0.3) is 0 Å². The highest BCUT2D eigenvalue weighted by molar-refractivity contribution is 9.10. The fourth-order valence-corrected chi connectivity index (χ4v) is 2.86. The van der Waals surface area contributed by atoms with Crippen LogP contribution >= 0.6 is 27.7 Å². The van der Waals surface area contributed by atoms with Crippen molar-refractivity contribution in [1.29, 1.82) is 0 Å². The molecule has 0 unspecified atom stereocenters. The lowest BCUT2D eigenvalue weighted by molar-refractivity contribution is 0.420. The second kappa shape index (κ2) is 6.91. The standard InChI is InChI=1S/C16H13BrN2OS/c17-14-8-6-12(7-9-14)10-15-18-19-16(20-15)21-11-13-4-2-1-3-5-13/h1-9H,10-11H2. The molecule has 0 amide bonds. The number of nitrogens with zero attached hydrogens (tertiary/aromatic N) is 2. The van der Waals surface area contributed by atoms with Crippen molar-refractivity contribution in [2.75, 3.05) is 0 Å². The fourth-order valence-electron chi connectivity index (χ4n) is 1.86. The van der Waals surface area contributed by atoms with E-state index >= 15 is 0 Å². The van der Waals surface area contributed by atoms with Crippen molar-refractivity contribution in [2.24, 2.45) is 0 Å². The van der Waals surface area contributed by atoms with Crippen LogP contribution in [0.5, 0.6) is 0 Å². The average Bonchev–Trinajstić information content (AvgIpc) is 2.96. The molecule has 0 aliphatic rings. The zero-order valence-corrected chi connectivity index (χ0v) is 13.6. The Morgan fingerprint density at radius 2 is 1.67 bits per heavy atom. The Labute approximate surface area is 135 Å². The monoisotopic (exact) mass is 360 g/mol. The van der Waals surface area contributed by atoms with Crippen molar-refractivity contribution in [3.63, 3.8) is 0 Å². The van der Waals surface area contributed by atoms with Crippen LogP contribution in [0.1, 0.15) is 17.0 Å². The lowest BCUT2D eigenvalue weighted by Gasteiger charge is -1.98. The summed E-state index contributed by atoms with van der Waals surface area (Å²) in [5, 5.41) is 8.80. The molecule has 1 heterocycles. The van der Waals surface area contributed by atoms with Gasteiger partial charge in [0.25, 0.3) is 5.22 Å². The van der Waals surface area contributed by atoms with Gasteiger partial charge in [-0.05, 0) is 23.3 Å². The summed E-state index contributed by atoms with van der Waals surface area (Å²) in [6.45, 7) is 0. The number of aromatic nitrogens is 2. The molecule has 0 aliphatic carbocycles. The maximum atomic E-state index is 5.67. The van der Waals surface area contributed by atoms with E-state index in [9.17, 15) is 0 Å². The first kappa shape index (κ1) is 14.4. The lowest BCUT2D eigenvalue weighted by Crippen LogP contribution is -1.87. The van der Waals surface area contributed by atoms with Gasteiger partial charge >= 0.3 is 0 Å². The van der Waals surface area contributed by atoms with E-state index in [-0.39, 0.29) is 0 Å². The van der Waals surface area contributed by atoms with E-state index in [1.165, 1.54) is 5.56 Å². The predicted octanol–water partition coefficient (Wildman–Crippen LogP) is 4.72. The van der Waals surface area contributed by atoms with Crippen molar-refractivity contribution in [2.45, 2.75) is 17.4 Å². The van der Waals surface area contributed by atoms with Gasteiger partial charge in [-0.25, -0.2) is 0 Å². The van der Waals surface area contributed by atoms with Gasteiger partial charge in [0.05, 0.1) is 6.42 Å². The van der Waals surface area contributed by atoms with E-state index < -0.39 is 0 Å². The Morgan fingerprint density at radius 3 is 2.43 bits per heavy atom. The minimum Gasteiger partial charge on any atom is -0.416 e. The summed E-state index contributed by atoms with van der Waals surface area (Å²) < 4.78 is 6.73. The number of hydrogen-bond donors (Lipinski definition) is 0. The molecule has 3 nitrogen and oxygen atoms in total. The first-order chi connectivity index (χ1) is 10.3. The number of thioether (sulfide) groups is 1. The fraction of sp³-hybridized carbons (Fsp3) is 0.125. The molecular formula is C16H13BrN2OS. The Morgan fingerprint density at radius 1 is 0.905 bits per heavy atom. The predicted molar refractivity (Wildman–Crippen MR) is 87.2 cm³/mol. The molecule has 106 valence electrons. The highest BCUT2D eigenvalue weighted by Gasteiger charge is 2.07. The van der Waals surface area contributed by atoms with E-state index in [0.29, 0.717) is 17.5 Å². The van der Waals surface area contributed by atoms with Crippen molar-refractivity contribution >= 4 is 27.7 Å². The van der Waals surface area contributed by atoms with Crippen LogP contribution in [0.3, 0.4) is 0 Å². The first-order valence-electron chi connectivity index (χ1n) is 6.53. The van der Waals surface area contributed by atoms with E-state index in [0.717, 1.165) is 15.8 Å². The second-order valence-corrected chi connectivity index (χ2v) is 6.38. The highest BCUT2D eigenvalue weighted by atomic mass is 79.9. The third-order valence-corrected chi connectivity index (χ3v) is 4.34. The molecule has 0 spiro atoms. The zero-order valence-electron chi connectivity index (χ0n) is 11.2. The van der Waals surface area contributed by atoms with E-state index in [1.807, 2.05) is 42.5 Å². The molecule has 0 radical (unpaired) electrons. The highest BCUT2D eigenvalue weighted by Crippen LogP contribution is 2.22. The maximum Gasteiger partial charge on any atom is 0.276 e. The number of benzene rings is 2. The summed E-state index contributed by atoms with van der Waals surface area (Å²) >= 11 is 4.98. The van der Waals surface area contributed by atoms with Crippen LogP contribution in [0.15, 0.2) is 68.7 Å². The summed E-state index contributed by atoms with van der Waals surface area (Å²) in [5.74, 6) is 1.48. The van der Waals surface area contributed by atoms with E-state index in [1.54, 1.807) is 11.8 Å². The number of halogens is 1. The lowest BCUT2D eigenvalue weighted by atomic mass is 10.2. The molecule has 5 heteroatoms. The average molecular weight is 361 g/mol. The zero-order chi connectivity index (χ0) is 14.5. The normalized spacial score (nSPS) is 10.7. The third kappa shape index (κ3) is 4.19. The Balaban J connectivity index is 1.59. The van der Waals surface area contributed by atoms with Crippen molar-refractivity contribution in [3.8, 4) is 0 Å². The molecule has 0 aliphatic heterocycles. The third-order valence-electron chi connectivity index (χ3n) is 2.92. The molecule has 0 saturated carbocycles. The van der Waals surface area contributed by atoms with Crippen molar-refractivity contribution in [1.82, 2.24) is 10.2 Å². The molecule has 0 fully saturated rings. The minimum atomic E-state index is 0.617. The molecule has 21 heavy (non-hydrogen) atoms. The second-order valence-electron chi connectivity index (χ2n) is 4.54. The summed E-state index contributed by atoms with van der Waals surface area (Å²) in [6, 6.07) is 18.4. The van der Waals surface area contributed by atoms with Crippen LogP contribution in [0.2, 0.25) is 0 Å². The molecule has 0 saturated heterocycles. The SMILES string of the molecule is Brc1ccc(Cc2nnc(SCc3ccccc3)o2)cc1. The molecule has 3 aromatic rings. The molecule has 0 atom stereocenters. The van der Waals surface area contributed by atoms with Gasteiger partial charge in [-0.3, -0.25) is 0 Å². The number of rotatable bonds is 5. The van der Waals surface area contributed by atoms with Gasteiger partial charge < -0.3 is 4.42 Å². The maximum absolute atomic E-state index is 5.67. The molecular weight excluding hydrogens is 348 g/mol. The summed E-state index contributed by atoms with van der Waals surface area (Å²) in [5.41, 5.74) is 2.40. The largest absolute Gasteiger partial charge is 0.416 e. The van der Waals surface area contributed by atoms with Crippen LogP contribution in [0, 0.1) is 0 Å². The molecule has 3 rings (SSSR count). The topological polar surface area (TPSA) is 38.9 Å². The van der Waals surface area contributed by atoms with Crippen molar-refractivity contribution in [3.05, 3.63) is 76.1 Å².